The summed E-state index contributed by atoms with van der Waals surface area (Å²) in [6.45, 7) is 2.54. The minimum atomic E-state index is -4.35. The second-order valence-electron chi connectivity index (χ2n) is 7.84. The molecule has 0 spiro atoms. The number of rotatable bonds is 5. The fourth-order valence-corrected chi connectivity index (χ4v) is 3.99. The largest absolute Gasteiger partial charge is 0.496 e. The highest BCUT2D eigenvalue weighted by atomic mass is 19.4. The van der Waals surface area contributed by atoms with Gasteiger partial charge >= 0.3 is 6.18 Å². The van der Waals surface area contributed by atoms with Crippen molar-refractivity contribution in [3.63, 3.8) is 0 Å². The molecule has 2 aliphatic rings. The predicted molar refractivity (Wildman–Crippen MR) is 112 cm³/mol. The summed E-state index contributed by atoms with van der Waals surface area (Å²) in [6, 6.07) is 12.8. The van der Waals surface area contributed by atoms with Gasteiger partial charge in [-0.3, -0.25) is 9.69 Å². The number of piperazine rings is 1. The molecule has 1 saturated heterocycles. The van der Waals surface area contributed by atoms with Crippen molar-refractivity contribution in [3.05, 3.63) is 65.2 Å². The Morgan fingerprint density at radius 3 is 2.59 bits per heavy atom. The summed E-state index contributed by atoms with van der Waals surface area (Å²) >= 11 is 0. The zero-order valence-electron chi connectivity index (χ0n) is 17.6. The number of hydrogen-bond donors (Lipinski definition) is 0. The van der Waals surface area contributed by atoms with Crippen LogP contribution in [0, 0.1) is 0 Å². The number of para-hydroxylation sites is 1. The lowest BCUT2D eigenvalue weighted by atomic mass is 10.0. The minimum Gasteiger partial charge on any atom is -0.496 e. The topological polar surface area (TPSA) is 54.4 Å². The molecule has 0 saturated carbocycles. The number of carbonyl (C=O) groups excluding carboxylic acids is 1. The van der Waals surface area contributed by atoms with Crippen LogP contribution in [0.5, 0.6) is 5.75 Å². The molecule has 9 heteroatoms. The normalized spacial score (nSPS) is 19.4. The molecule has 6 nitrogen and oxygen atoms in total. The summed E-state index contributed by atoms with van der Waals surface area (Å²) in [7, 11) is 1.58. The first-order valence-electron chi connectivity index (χ1n) is 10.4. The quantitative estimate of drug-likeness (QED) is 0.704. The lowest BCUT2D eigenvalue weighted by Gasteiger charge is -2.35. The number of nitrogens with zero attached hydrogens (tertiary/aromatic N) is 3. The average molecular weight is 447 g/mol. The third-order valence-electron chi connectivity index (χ3n) is 5.71. The van der Waals surface area contributed by atoms with Crippen LogP contribution in [0.3, 0.4) is 0 Å². The standard InChI is InChI=1S/C23H24F3N3O3/c1-31-20-8-3-2-7-18(20)19-14-21(32-27-19)22(30)29-11-9-28(10-12-29)15-16-5-4-6-17(13-16)23(24,25)26/h2-8,13,21H,9-12,14-15H2,1H3/t21-/m1/s1. The molecule has 2 aliphatic heterocycles. The number of hydrogen-bond acceptors (Lipinski definition) is 5. The van der Waals surface area contributed by atoms with Crippen molar-refractivity contribution in [2.24, 2.45) is 5.16 Å². The van der Waals surface area contributed by atoms with E-state index in [0.29, 0.717) is 56.2 Å². The Morgan fingerprint density at radius 1 is 1.12 bits per heavy atom. The maximum absolute atomic E-state index is 12.9. The number of oxime groups is 1. The molecular formula is C23H24F3N3O3. The van der Waals surface area contributed by atoms with Crippen LogP contribution in [0.1, 0.15) is 23.1 Å². The van der Waals surface area contributed by atoms with E-state index < -0.39 is 17.8 Å². The molecule has 4 rings (SSSR count). The van der Waals surface area contributed by atoms with Gasteiger partial charge in [0.25, 0.3) is 5.91 Å². The van der Waals surface area contributed by atoms with E-state index in [1.807, 2.05) is 29.2 Å². The van der Waals surface area contributed by atoms with E-state index in [4.69, 9.17) is 9.57 Å². The van der Waals surface area contributed by atoms with E-state index in [0.717, 1.165) is 11.6 Å². The van der Waals surface area contributed by atoms with Crippen LogP contribution in [0.15, 0.2) is 53.7 Å². The lowest BCUT2D eigenvalue weighted by Crippen LogP contribution is -2.51. The zero-order valence-corrected chi connectivity index (χ0v) is 17.6. The van der Waals surface area contributed by atoms with E-state index in [2.05, 4.69) is 5.16 Å². The van der Waals surface area contributed by atoms with Gasteiger partial charge in [0.2, 0.25) is 6.10 Å². The summed E-state index contributed by atoms with van der Waals surface area (Å²) in [5.74, 6) is 0.545. The number of halogens is 3. The Morgan fingerprint density at radius 2 is 1.88 bits per heavy atom. The Balaban J connectivity index is 1.30. The summed E-state index contributed by atoms with van der Waals surface area (Å²) in [4.78, 5) is 22.1. The molecule has 2 heterocycles. The fourth-order valence-electron chi connectivity index (χ4n) is 3.99. The highest BCUT2D eigenvalue weighted by Gasteiger charge is 2.35. The Hall–Kier alpha value is -3.07. The molecule has 1 atom stereocenters. The van der Waals surface area contributed by atoms with Crippen LogP contribution in [-0.2, 0) is 22.4 Å². The van der Waals surface area contributed by atoms with Gasteiger partial charge in [0.05, 0.1) is 18.4 Å². The average Bonchev–Trinajstić information content (AvgIpc) is 3.29. The van der Waals surface area contributed by atoms with Crippen molar-refractivity contribution < 1.29 is 27.5 Å². The number of benzene rings is 2. The molecule has 32 heavy (non-hydrogen) atoms. The van der Waals surface area contributed by atoms with Gasteiger partial charge < -0.3 is 14.5 Å². The van der Waals surface area contributed by atoms with Crippen molar-refractivity contribution >= 4 is 11.6 Å². The molecule has 0 unspecified atom stereocenters. The van der Waals surface area contributed by atoms with Gasteiger partial charge in [0.15, 0.2) is 0 Å². The molecule has 1 amide bonds. The van der Waals surface area contributed by atoms with Crippen molar-refractivity contribution in [1.82, 2.24) is 9.80 Å². The van der Waals surface area contributed by atoms with Crippen molar-refractivity contribution in [2.75, 3.05) is 33.3 Å². The molecular weight excluding hydrogens is 423 g/mol. The van der Waals surface area contributed by atoms with E-state index >= 15 is 0 Å². The first-order chi connectivity index (χ1) is 15.3. The Labute approximate surface area is 184 Å². The lowest BCUT2D eigenvalue weighted by molar-refractivity contribution is -0.144. The van der Waals surface area contributed by atoms with Gasteiger partial charge in [-0.05, 0) is 23.8 Å². The van der Waals surface area contributed by atoms with Gasteiger partial charge in [0, 0.05) is 44.7 Å². The van der Waals surface area contributed by atoms with Crippen LogP contribution in [0.25, 0.3) is 0 Å². The number of carbonyl (C=O) groups is 1. The smallest absolute Gasteiger partial charge is 0.416 e. The molecule has 1 fully saturated rings. The van der Waals surface area contributed by atoms with Crippen LogP contribution in [0.4, 0.5) is 13.2 Å². The summed E-state index contributed by atoms with van der Waals surface area (Å²) in [5.41, 5.74) is 1.43. The summed E-state index contributed by atoms with van der Waals surface area (Å²) in [6.07, 6.45) is -4.67. The molecule has 0 aliphatic carbocycles. The van der Waals surface area contributed by atoms with Crippen molar-refractivity contribution in [3.8, 4) is 5.75 Å². The highest BCUT2D eigenvalue weighted by Crippen LogP contribution is 2.30. The number of alkyl halides is 3. The fraction of sp³-hybridized carbons (Fsp3) is 0.391. The first-order valence-corrected chi connectivity index (χ1v) is 10.4. The van der Waals surface area contributed by atoms with Crippen molar-refractivity contribution in [2.45, 2.75) is 25.2 Å². The maximum atomic E-state index is 12.9. The molecule has 0 aromatic heterocycles. The first kappa shape index (κ1) is 22.1. The van der Waals surface area contributed by atoms with Gasteiger partial charge in [-0.25, -0.2) is 0 Å². The Bertz CT molecular complexity index is 1000. The van der Waals surface area contributed by atoms with E-state index in [1.54, 1.807) is 18.1 Å². The van der Waals surface area contributed by atoms with E-state index in [1.165, 1.54) is 12.1 Å². The second kappa shape index (κ2) is 9.20. The van der Waals surface area contributed by atoms with Crippen molar-refractivity contribution in [1.29, 1.82) is 0 Å². The summed E-state index contributed by atoms with van der Waals surface area (Å²) < 4.78 is 44.1. The van der Waals surface area contributed by atoms with Crippen LogP contribution in [-0.4, -0.2) is 60.8 Å². The predicted octanol–water partition coefficient (Wildman–Crippen LogP) is 3.55. The van der Waals surface area contributed by atoms with Gasteiger partial charge in [-0.2, -0.15) is 13.2 Å². The monoisotopic (exact) mass is 447 g/mol. The molecule has 0 bridgehead atoms. The second-order valence-corrected chi connectivity index (χ2v) is 7.84. The SMILES string of the molecule is COc1ccccc1C1=NO[C@@H](C(=O)N2CCN(Cc3cccc(C(F)(F)F)c3)CC2)C1. The summed E-state index contributed by atoms with van der Waals surface area (Å²) in [5, 5.41) is 4.10. The van der Waals surface area contributed by atoms with Gasteiger partial charge in [0.1, 0.15) is 5.75 Å². The molecule has 2 aromatic rings. The van der Waals surface area contributed by atoms with E-state index in [9.17, 15) is 18.0 Å². The molecule has 0 radical (unpaired) electrons. The highest BCUT2D eigenvalue weighted by molar-refractivity contribution is 6.05. The molecule has 2 aromatic carbocycles. The zero-order chi connectivity index (χ0) is 22.7. The third-order valence-corrected chi connectivity index (χ3v) is 5.71. The third kappa shape index (κ3) is 4.88. The maximum Gasteiger partial charge on any atom is 0.416 e. The number of ether oxygens (including phenoxy) is 1. The van der Waals surface area contributed by atoms with Crippen LogP contribution >= 0.6 is 0 Å². The van der Waals surface area contributed by atoms with Gasteiger partial charge in [-0.15, -0.1) is 0 Å². The Kier molecular flexibility index (Phi) is 6.36. The minimum absolute atomic E-state index is 0.127. The van der Waals surface area contributed by atoms with Crippen LogP contribution < -0.4 is 4.74 Å². The van der Waals surface area contributed by atoms with E-state index in [-0.39, 0.29) is 5.91 Å². The number of methoxy groups -OCH3 is 1. The molecule has 0 N–H and O–H groups in total. The number of amides is 1. The van der Waals surface area contributed by atoms with Gasteiger partial charge in [-0.1, -0.05) is 35.5 Å². The molecule has 170 valence electrons. The van der Waals surface area contributed by atoms with Crippen LogP contribution in [0.2, 0.25) is 0 Å².